The van der Waals surface area contributed by atoms with Crippen molar-refractivity contribution in [3.63, 3.8) is 0 Å². The lowest BCUT2D eigenvalue weighted by Gasteiger charge is -2.44. The summed E-state index contributed by atoms with van der Waals surface area (Å²) in [6.45, 7) is 2.31. The van der Waals surface area contributed by atoms with Crippen molar-refractivity contribution in [1.82, 2.24) is 9.97 Å². The van der Waals surface area contributed by atoms with Gasteiger partial charge in [0.1, 0.15) is 0 Å². The van der Waals surface area contributed by atoms with Crippen molar-refractivity contribution >= 4 is 23.7 Å². The minimum Gasteiger partial charge on any atom is -0.550 e. The van der Waals surface area contributed by atoms with Gasteiger partial charge >= 0.3 is 24.6 Å². The highest BCUT2D eigenvalue weighted by Gasteiger charge is 2.42. The molecule has 272 valence electrons. The van der Waals surface area contributed by atoms with E-state index in [1.165, 1.54) is 16.7 Å². The second-order valence-corrected chi connectivity index (χ2v) is 11.2. The topological polar surface area (TPSA) is 108 Å². The van der Waals surface area contributed by atoms with Gasteiger partial charge in [-0.25, -0.2) is 14.8 Å². The molecule has 9 nitrogen and oxygen atoms in total. The van der Waals surface area contributed by atoms with Crippen LogP contribution in [0.2, 0.25) is 0 Å². The minimum absolute atomic E-state index is 0.0163. The van der Waals surface area contributed by atoms with Gasteiger partial charge in [0.05, 0.1) is 54.0 Å². The van der Waals surface area contributed by atoms with E-state index >= 15 is 0 Å². The van der Waals surface area contributed by atoms with Crippen molar-refractivity contribution in [2.75, 3.05) is 23.0 Å². The molecule has 4 rings (SSSR count). The molecule has 0 unspecified atom stereocenters. The number of ether oxygens (including phenoxy) is 2. The molecular formula is C32H30F9N4O5-. The van der Waals surface area contributed by atoms with Gasteiger partial charge in [0.2, 0.25) is 5.95 Å². The van der Waals surface area contributed by atoms with Gasteiger partial charge in [0.15, 0.2) is 5.75 Å². The number of amides is 1. The molecule has 0 aliphatic carbocycles. The van der Waals surface area contributed by atoms with Crippen LogP contribution in [0, 0.1) is 0 Å². The van der Waals surface area contributed by atoms with Gasteiger partial charge in [-0.05, 0) is 80.1 Å². The number of hydrogen-bond acceptors (Lipinski definition) is 8. The van der Waals surface area contributed by atoms with Crippen LogP contribution in [-0.2, 0) is 34.6 Å². The lowest BCUT2D eigenvalue weighted by Crippen LogP contribution is -2.48. The molecule has 2 atom stereocenters. The highest BCUT2D eigenvalue weighted by Crippen LogP contribution is 2.46. The van der Waals surface area contributed by atoms with E-state index in [1.54, 1.807) is 6.92 Å². The number of halogens is 9. The van der Waals surface area contributed by atoms with Crippen LogP contribution in [0.25, 0.3) is 0 Å². The Morgan fingerprint density at radius 2 is 1.50 bits per heavy atom. The van der Waals surface area contributed by atoms with Gasteiger partial charge in [-0.3, -0.25) is 4.90 Å². The summed E-state index contributed by atoms with van der Waals surface area (Å²) in [4.78, 5) is 34.4. The zero-order valence-electron chi connectivity index (χ0n) is 26.5. The number of aliphatic carboxylic acids is 1. The molecule has 2 aromatic carbocycles. The molecule has 2 heterocycles. The Bertz CT molecular complexity index is 1630. The molecule has 1 aromatic heterocycles. The highest BCUT2D eigenvalue weighted by atomic mass is 19.4. The van der Waals surface area contributed by atoms with Crippen LogP contribution in [-0.4, -0.2) is 41.3 Å². The second kappa shape index (κ2) is 15.0. The van der Waals surface area contributed by atoms with Crippen LogP contribution < -0.4 is 19.6 Å². The molecule has 0 saturated heterocycles. The molecule has 0 N–H and O–H groups in total. The fourth-order valence-electron chi connectivity index (χ4n) is 5.56. The smallest absolute Gasteiger partial charge is 0.416 e. The van der Waals surface area contributed by atoms with E-state index in [1.807, 2.05) is 0 Å². The number of benzene rings is 2. The molecule has 0 spiro atoms. The number of anilines is 2. The number of carboxylic acids is 1. The van der Waals surface area contributed by atoms with Crippen molar-refractivity contribution in [2.24, 2.45) is 0 Å². The van der Waals surface area contributed by atoms with Gasteiger partial charge in [-0.2, -0.15) is 39.5 Å². The Morgan fingerprint density at radius 3 is 2.02 bits per heavy atom. The molecule has 18 heteroatoms. The third-order valence-electron chi connectivity index (χ3n) is 7.81. The number of nitrogens with zero attached hydrogens (tertiary/aromatic N) is 4. The molecule has 50 heavy (non-hydrogen) atoms. The molecule has 3 aromatic rings. The first-order chi connectivity index (χ1) is 23.3. The van der Waals surface area contributed by atoms with Gasteiger partial charge in [-0.15, -0.1) is 0 Å². The first kappa shape index (κ1) is 38.0. The summed E-state index contributed by atoms with van der Waals surface area (Å²) in [5.74, 6) is -1.59. The molecule has 1 aliphatic heterocycles. The number of carbonyl (C=O) groups excluding carboxylic acids is 2. The van der Waals surface area contributed by atoms with Crippen LogP contribution >= 0.6 is 0 Å². The zero-order valence-corrected chi connectivity index (χ0v) is 26.5. The summed E-state index contributed by atoms with van der Waals surface area (Å²) in [7, 11) is 0. The Balaban J connectivity index is 1.90. The molecule has 1 aliphatic rings. The van der Waals surface area contributed by atoms with Gasteiger partial charge < -0.3 is 24.3 Å². The van der Waals surface area contributed by atoms with Gasteiger partial charge in [0.25, 0.3) is 0 Å². The van der Waals surface area contributed by atoms with Crippen molar-refractivity contribution in [1.29, 1.82) is 0 Å². The minimum atomic E-state index is -5.18. The fourth-order valence-corrected chi connectivity index (χ4v) is 5.56. The van der Waals surface area contributed by atoms with E-state index < -0.39 is 71.5 Å². The van der Waals surface area contributed by atoms with Crippen molar-refractivity contribution in [3.8, 4) is 5.75 Å². The summed E-state index contributed by atoms with van der Waals surface area (Å²) in [6, 6.07) is 1.53. The van der Waals surface area contributed by atoms with Crippen LogP contribution in [0.15, 0.2) is 48.8 Å². The number of rotatable bonds is 11. The highest BCUT2D eigenvalue weighted by molar-refractivity contribution is 5.90. The predicted octanol–water partition coefficient (Wildman–Crippen LogP) is 7.34. The monoisotopic (exact) mass is 721 g/mol. The zero-order chi connectivity index (χ0) is 37.0. The Kier molecular flexibility index (Phi) is 11.4. The Morgan fingerprint density at radius 1 is 0.900 bits per heavy atom. The number of hydrogen-bond donors (Lipinski definition) is 0. The number of carbonyl (C=O) groups is 2. The number of alkyl halides is 9. The van der Waals surface area contributed by atoms with E-state index in [0.29, 0.717) is 12.1 Å². The summed E-state index contributed by atoms with van der Waals surface area (Å²) in [5, 5.41) is 10.7. The second-order valence-electron chi connectivity index (χ2n) is 11.2. The number of carboxylic acid groups (broad SMARTS) is 1. The first-order valence-electron chi connectivity index (χ1n) is 15.2. The van der Waals surface area contributed by atoms with E-state index in [-0.39, 0.29) is 67.9 Å². The SMILES string of the molecule is CCOC(=O)N1c2ccc(C(F)(F)F)cc2[C@@H](N(Cc2cc(C(F)(F)F)cc(C(F)(F)F)c2)c2ncc(OCCCC(=O)[O-])cn2)C[C@H]1CC. The van der Waals surface area contributed by atoms with Crippen molar-refractivity contribution < 1.29 is 63.7 Å². The maximum absolute atomic E-state index is 14.0. The maximum atomic E-state index is 14.0. The fraction of sp³-hybridized carbons (Fsp3) is 0.438. The van der Waals surface area contributed by atoms with Crippen molar-refractivity contribution in [3.05, 3.63) is 76.6 Å². The molecule has 0 saturated carbocycles. The van der Waals surface area contributed by atoms with E-state index in [2.05, 4.69) is 9.97 Å². The third-order valence-corrected chi connectivity index (χ3v) is 7.81. The standard InChI is InChI=1S/C32H31F9N4O5/c1-3-22-14-26(24-13-19(30(33,34)35)7-8-25(24)45(22)29(48)49-4-2)44(28-42-15-23(16-43-28)50-9-5-6-27(46)47)17-18-10-20(31(36,37)38)12-21(11-18)32(39,40)41/h7-8,10-13,15-16,22,26H,3-6,9,14,17H2,1-2H3,(H,46,47)/p-1/t22-,26+/m1/s1. The lowest BCUT2D eigenvalue weighted by molar-refractivity contribution is -0.305. The summed E-state index contributed by atoms with van der Waals surface area (Å²) in [6.07, 6.45) is -14.1. The maximum Gasteiger partial charge on any atom is 0.416 e. The van der Waals surface area contributed by atoms with Gasteiger partial charge in [0, 0.05) is 18.6 Å². The first-order valence-corrected chi connectivity index (χ1v) is 15.2. The summed E-state index contributed by atoms with van der Waals surface area (Å²) >= 11 is 0. The molecule has 0 radical (unpaired) electrons. The average molecular weight is 722 g/mol. The largest absolute Gasteiger partial charge is 0.550 e. The van der Waals surface area contributed by atoms with E-state index in [9.17, 15) is 54.2 Å². The number of aromatic nitrogens is 2. The van der Waals surface area contributed by atoms with E-state index in [4.69, 9.17) is 9.47 Å². The Labute approximate surface area is 279 Å². The van der Waals surface area contributed by atoms with E-state index in [0.717, 1.165) is 30.6 Å². The molecule has 0 bridgehead atoms. The average Bonchev–Trinajstić information content (AvgIpc) is 3.03. The van der Waals surface area contributed by atoms with Gasteiger partial charge in [-0.1, -0.05) is 6.92 Å². The Hall–Kier alpha value is -4.77. The van der Waals surface area contributed by atoms with Crippen LogP contribution in [0.3, 0.4) is 0 Å². The third kappa shape index (κ3) is 9.06. The van der Waals surface area contributed by atoms with Crippen LogP contribution in [0.4, 0.5) is 55.9 Å². The normalized spacial score (nSPS) is 16.5. The van der Waals surface area contributed by atoms with Crippen LogP contribution in [0.1, 0.15) is 73.4 Å². The number of fused-ring (bicyclic) bond motifs is 1. The summed E-state index contributed by atoms with van der Waals surface area (Å²) in [5.41, 5.74) is -4.99. The summed E-state index contributed by atoms with van der Waals surface area (Å²) < 4.78 is 135. The lowest BCUT2D eigenvalue weighted by atomic mass is 9.87. The predicted molar refractivity (Wildman–Crippen MR) is 157 cm³/mol. The molecule has 1 amide bonds. The molecular weight excluding hydrogens is 691 g/mol. The molecule has 0 fully saturated rings. The van der Waals surface area contributed by atoms with Crippen LogP contribution in [0.5, 0.6) is 5.75 Å². The quantitative estimate of drug-likeness (QED) is 0.150. The van der Waals surface area contributed by atoms with Crippen molar-refractivity contribution in [2.45, 2.75) is 76.7 Å².